The van der Waals surface area contributed by atoms with Crippen LogP contribution in [0.2, 0.25) is 0 Å². The molecule has 0 spiro atoms. The van der Waals surface area contributed by atoms with Gasteiger partial charge in [0.1, 0.15) is 4.34 Å². The van der Waals surface area contributed by atoms with Gasteiger partial charge in [-0.1, -0.05) is 11.8 Å². The van der Waals surface area contributed by atoms with Gasteiger partial charge in [0, 0.05) is 40.5 Å². The fourth-order valence-corrected chi connectivity index (χ4v) is 5.54. The molecular formula is C20H25N3O2S2. The summed E-state index contributed by atoms with van der Waals surface area (Å²) in [7, 11) is 0. The topological polar surface area (TPSA) is 71.1 Å². The van der Waals surface area contributed by atoms with Gasteiger partial charge in [-0.15, -0.1) is 11.3 Å². The van der Waals surface area contributed by atoms with E-state index in [0.717, 1.165) is 47.0 Å². The summed E-state index contributed by atoms with van der Waals surface area (Å²) in [5.74, 6) is -0.156. The quantitative estimate of drug-likeness (QED) is 0.768. The smallest absolute Gasteiger partial charge is 0.251 e. The van der Waals surface area contributed by atoms with E-state index < -0.39 is 0 Å². The van der Waals surface area contributed by atoms with Crippen LogP contribution in [0, 0.1) is 13.8 Å². The molecule has 27 heavy (non-hydrogen) atoms. The van der Waals surface area contributed by atoms with Gasteiger partial charge in [0.25, 0.3) is 5.91 Å². The van der Waals surface area contributed by atoms with Gasteiger partial charge in [0.05, 0.1) is 0 Å². The largest absolute Gasteiger partial charge is 0.349 e. The Morgan fingerprint density at radius 3 is 2.52 bits per heavy atom. The maximum Gasteiger partial charge on any atom is 0.251 e. The van der Waals surface area contributed by atoms with Crippen molar-refractivity contribution in [2.24, 2.45) is 0 Å². The summed E-state index contributed by atoms with van der Waals surface area (Å²) in [6.07, 6.45) is 4.18. The van der Waals surface area contributed by atoms with Crippen molar-refractivity contribution in [3.63, 3.8) is 0 Å². The number of hydrogen-bond acceptors (Lipinski definition) is 5. The van der Waals surface area contributed by atoms with Gasteiger partial charge in [0.15, 0.2) is 0 Å². The van der Waals surface area contributed by atoms with Gasteiger partial charge >= 0.3 is 0 Å². The molecule has 0 atom stereocenters. The van der Waals surface area contributed by atoms with Crippen molar-refractivity contribution in [3.8, 4) is 0 Å². The minimum Gasteiger partial charge on any atom is -0.349 e. The second kappa shape index (κ2) is 8.89. The second-order valence-electron chi connectivity index (χ2n) is 7.03. The van der Waals surface area contributed by atoms with Crippen LogP contribution in [0.1, 0.15) is 54.2 Å². The Kier molecular flexibility index (Phi) is 6.55. The van der Waals surface area contributed by atoms with Crippen LogP contribution in [0.5, 0.6) is 0 Å². The Hall–Kier alpha value is -1.86. The Balaban J connectivity index is 1.50. The van der Waals surface area contributed by atoms with E-state index in [1.807, 2.05) is 31.7 Å². The standard InChI is InChI=1S/C20H25N3O2S2/c1-12-10-15(4-9-18(12)22-14(3)24)19(25)23-16-5-7-17(8-6-16)27-20-21-13(2)11-26-20/h4,9-11,16-17H,5-8H2,1-3H3,(H,22,24)(H,23,25). The van der Waals surface area contributed by atoms with Crippen molar-refractivity contribution in [2.75, 3.05) is 5.32 Å². The fraction of sp³-hybridized carbons (Fsp3) is 0.450. The predicted octanol–water partition coefficient (Wildman–Crippen LogP) is 4.55. The number of anilines is 1. The van der Waals surface area contributed by atoms with Crippen LogP contribution in [-0.4, -0.2) is 28.1 Å². The van der Waals surface area contributed by atoms with Crippen molar-refractivity contribution >= 4 is 40.6 Å². The molecule has 1 aromatic carbocycles. The highest BCUT2D eigenvalue weighted by Crippen LogP contribution is 2.35. The summed E-state index contributed by atoms with van der Waals surface area (Å²) < 4.78 is 1.15. The number of hydrogen-bond donors (Lipinski definition) is 2. The molecule has 1 saturated carbocycles. The van der Waals surface area contributed by atoms with E-state index in [4.69, 9.17) is 0 Å². The lowest BCUT2D eigenvalue weighted by Gasteiger charge is -2.28. The molecule has 1 aliphatic rings. The van der Waals surface area contributed by atoms with Crippen molar-refractivity contribution in [1.82, 2.24) is 10.3 Å². The first-order chi connectivity index (χ1) is 12.9. The number of rotatable bonds is 5. The lowest BCUT2D eigenvalue weighted by molar-refractivity contribution is -0.114. The zero-order valence-electron chi connectivity index (χ0n) is 15.9. The number of amides is 2. The second-order valence-corrected chi connectivity index (χ2v) is 9.44. The predicted molar refractivity (Wildman–Crippen MR) is 112 cm³/mol. The number of thiazole rings is 1. The molecule has 3 rings (SSSR count). The summed E-state index contributed by atoms with van der Waals surface area (Å²) in [5, 5.41) is 8.61. The van der Waals surface area contributed by atoms with Crippen LogP contribution in [0.4, 0.5) is 5.69 Å². The molecule has 2 N–H and O–H groups in total. The summed E-state index contributed by atoms with van der Waals surface area (Å²) in [4.78, 5) is 28.3. The zero-order valence-corrected chi connectivity index (χ0v) is 17.5. The molecule has 1 aromatic heterocycles. The van der Waals surface area contributed by atoms with E-state index in [1.165, 1.54) is 6.92 Å². The highest BCUT2D eigenvalue weighted by molar-refractivity contribution is 8.01. The molecule has 1 heterocycles. The van der Waals surface area contributed by atoms with Crippen LogP contribution in [0.3, 0.4) is 0 Å². The van der Waals surface area contributed by atoms with Crippen molar-refractivity contribution in [1.29, 1.82) is 0 Å². The maximum atomic E-state index is 12.6. The number of benzene rings is 1. The number of carbonyl (C=O) groups is 2. The molecule has 0 aliphatic heterocycles. The SMILES string of the molecule is CC(=O)Nc1ccc(C(=O)NC2CCC(Sc3nc(C)cs3)CC2)cc1C. The van der Waals surface area contributed by atoms with E-state index >= 15 is 0 Å². The first-order valence-corrected chi connectivity index (χ1v) is 10.9. The normalized spacial score (nSPS) is 19.5. The molecule has 0 radical (unpaired) electrons. The van der Waals surface area contributed by atoms with Crippen molar-refractivity contribution < 1.29 is 9.59 Å². The first-order valence-electron chi connectivity index (χ1n) is 9.18. The number of aromatic nitrogens is 1. The molecule has 5 nitrogen and oxygen atoms in total. The molecule has 1 aliphatic carbocycles. The number of nitrogens with one attached hydrogen (secondary N) is 2. The number of nitrogens with zero attached hydrogens (tertiary/aromatic N) is 1. The molecule has 2 aromatic rings. The van der Waals surface area contributed by atoms with Gasteiger partial charge < -0.3 is 10.6 Å². The lowest BCUT2D eigenvalue weighted by atomic mass is 9.94. The molecule has 0 saturated heterocycles. The van der Waals surface area contributed by atoms with Crippen LogP contribution in [0.25, 0.3) is 0 Å². The Labute approximate surface area is 168 Å². The Bertz CT molecular complexity index is 826. The van der Waals surface area contributed by atoms with E-state index in [-0.39, 0.29) is 17.9 Å². The molecular weight excluding hydrogens is 378 g/mol. The molecule has 144 valence electrons. The average Bonchev–Trinajstić information content (AvgIpc) is 3.03. The highest BCUT2D eigenvalue weighted by atomic mass is 32.2. The zero-order chi connectivity index (χ0) is 19.4. The molecule has 2 amide bonds. The van der Waals surface area contributed by atoms with E-state index in [1.54, 1.807) is 23.5 Å². The summed E-state index contributed by atoms with van der Waals surface area (Å²) in [6, 6.07) is 5.60. The summed E-state index contributed by atoms with van der Waals surface area (Å²) in [5.41, 5.74) is 3.35. The van der Waals surface area contributed by atoms with Crippen LogP contribution in [-0.2, 0) is 4.79 Å². The third-order valence-electron chi connectivity index (χ3n) is 4.67. The van der Waals surface area contributed by atoms with Gasteiger partial charge in [0.2, 0.25) is 5.91 Å². The number of carbonyl (C=O) groups excluding carboxylic acids is 2. The van der Waals surface area contributed by atoms with Crippen molar-refractivity contribution in [3.05, 3.63) is 40.4 Å². The third-order valence-corrected chi connectivity index (χ3v) is 7.10. The lowest BCUT2D eigenvalue weighted by Crippen LogP contribution is -2.38. The maximum absolute atomic E-state index is 12.6. The Morgan fingerprint density at radius 1 is 1.19 bits per heavy atom. The molecule has 1 fully saturated rings. The summed E-state index contributed by atoms with van der Waals surface area (Å²) >= 11 is 3.59. The van der Waals surface area contributed by atoms with Crippen LogP contribution >= 0.6 is 23.1 Å². The number of thioether (sulfide) groups is 1. The van der Waals surface area contributed by atoms with Gasteiger partial charge in [-0.2, -0.15) is 0 Å². The van der Waals surface area contributed by atoms with Crippen molar-refractivity contribution in [2.45, 2.75) is 62.1 Å². The van der Waals surface area contributed by atoms with Gasteiger partial charge in [-0.05, 0) is 63.3 Å². The minimum absolute atomic E-state index is 0.0425. The fourth-order valence-electron chi connectivity index (χ4n) is 3.26. The van der Waals surface area contributed by atoms with E-state index in [2.05, 4.69) is 21.0 Å². The third kappa shape index (κ3) is 5.56. The first kappa shape index (κ1) is 19.9. The average molecular weight is 404 g/mol. The minimum atomic E-state index is -0.113. The van der Waals surface area contributed by atoms with Gasteiger partial charge in [-0.3, -0.25) is 9.59 Å². The van der Waals surface area contributed by atoms with E-state index in [0.29, 0.717) is 10.8 Å². The number of aryl methyl sites for hydroxylation is 2. The molecule has 0 bridgehead atoms. The molecule has 7 heteroatoms. The van der Waals surface area contributed by atoms with Gasteiger partial charge in [-0.25, -0.2) is 4.98 Å². The highest BCUT2D eigenvalue weighted by Gasteiger charge is 2.24. The monoisotopic (exact) mass is 403 g/mol. The molecule has 0 unspecified atom stereocenters. The van der Waals surface area contributed by atoms with E-state index in [9.17, 15) is 9.59 Å². The van der Waals surface area contributed by atoms with Crippen LogP contribution in [0.15, 0.2) is 27.9 Å². The Morgan fingerprint density at radius 2 is 1.93 bits per heavy atom. The van der Waals surface area contributed by atoms with Crippen LogP contribution < -0.4 is 10.6 Å². The summed E-state index contributed by atoms with van der Waals surface area (Å²) in [6.45, 7) is 5.40.